The molecule has 7 nitrogen and oxygen atoms in total. The van der Waals surface area contributed by atoms with E-state index in [0.717, 1.165) is 47.8 Å². The Hall–Kier alpha value is -3.03. The standard InChI is InChI=1S/C21H22N6O/c1-27-8-4-15-10-14(2-3-19(15)27)17-11-18-20(24-6-5-23-18)21(26-17)25-13-16-12-22-7-9-28-16/h2-6,8,10-11,16,22H,7,9,12-13H2,1H3,(H,25,26). The van der Waals surface area contributed by atoms with Crippen LogP contribution < -0.4 is 10.6 Å². The first-order chi connectivity index (χ1) is 13.8. The predicted octanol–water partition coefficient (Wildman–Crippen LogP) is 2.58. The van der Waals surface area contributed by atoms with Crippen LogP contribution in [-0.2, 0) is 11.8 Å². The summed E-state index contributed by atoms with van der Waals surface area (Å²) in [6.07, 6.45) is 5.60. The highest BCUT2D eigenvalue weighted by Crippen LogP contribution is 2.28. The number of aryl methyl sites for hydroxylation is 1. The molecule has 5 rings (SSSR count). The number of nitrogens with zero attached hydrogens (tertiary/aromatic N) is 4. The molecule has 0 radical (unpaired) electrons. The Kier molecular flexibility index (Phi) is 4.38. The van der Waals surface area contributed by atoms with Crippen LogP contribution >= 0.6 is 0 Å². The Labute approximate surface area is 162 Å². The third-order valence-corrected chi connectivity index (χ3v) is 5.14. The normalized spacial score (nSPS) is 17.2. The summed E-state index contributed by atoms with van der Waals surface area (Å²) in [6.45, 7) is 3.14. The maximum atomic E-state index is 5.79. The Bertz CT molecular complexity index is 1130. The lowest BCUT2D eigenvalue weighted by Crippen LogP contribution is -2.42. The summed E-state index contributed by atoms with van der Waals surface area (Å²) in [4.78, 5) is 13.9. The number of fused-ring (bicyclic) bond motifs is 2. The SMILES string of the molecule is Cn1ccc2cc(-c3cc4nccnc4c(NCC4CNCCO4)n3)ccc21. The molecular weight excluding hydrogens is 352 g/mol. The van der Waals surface area contributed by atoms with Gasteiger partial charge in [0.15, 0.2) is 5.82 Å². The number of hydrogen-bond donors (Lipinski definition) is 2. The average Bonchev–Trinajstić information content (AvgIpc) is 3.13. The summed E-state index contributed by atoms with van der Waals surface area (Å²) in [5.41, 5.74) is 4.74. The summed E-state index contributed by atoms with van der Waals surface area (Å²) in [6, 6.07) is 10.5. The average molecular weight is 374 g/mol. The number of pyridine rings is 1. The van der Waals surface area contributed by atoms with E-state index in [1.807, 2.05) is 6.07 Å². The third kappa shape index (κ3) is 3.19. The van der Waals surface area contributed by atoms with E-state index in [1.165, 1.54) is 10.9 Å². The van der Waals surface area contributed by atoms with Crippen LogP contribution in [0.2, 0.25) is 0 Å². The molecular formula is C21H22N6O. The van der Waals surface area contributed by atoms with Gasteiger partial charge in [0.25, 0.3) is 0 Å². The van der Waals surface area contributed by atoms with E-state index in [4.69, 9.17) is 9.72 Å². The minimum Gasteiger partial charge on any atom is -0.374 e. The second kappa shape index (κ2) is 7.18. The number of anilines is 1. The lowest BCUT2D eigenvalue weighted by molar-refractivity contribution is 0.0372. The number of morpholine rings is 1. The van der Waals surface area contributed by atoms with E-state index in [0.29, 0.717) is 6.54 Å². The fourth-order valence-electron chi connectivity index (χ4n) is 3.65. The van der Waals surface area contributed by atoms with Crippen LogP contribution in [0.3, 0.4) is 0 Å². The Morgan fingerprint density at radius 3 is 3.04 bits per heavy atom. The van der Waals surface area contributed by atoms with Crippen molar-refractivity contribution in [2.24, 2.45) is 7.05 Å². The fraction of sp³-hybridized carbons (Fsp3) is 0.286. The van der Waals surface area contributed by atoms with E-state index in [1.54, 1.807) is 12.4 Å². The van der Waals surface area contributed by atoms with E-state index in [-0.39, 0.29) is 6.10 Å². The number of nitrogens with one attached hydrogen (secondary N) is 2. The van der Waals surface area contributed by atoms with E-state index in [9.17, 15) is 0 Å². The van der Waals surface area contributed by atoms with E-state index >= 15 is 0 Å². The monoisotopic (exact) mass is 374 g/mol. The quantitative estimate of drug-likeness (QED) is 0.572. The van der Waals surface area contributed by atoms with Gasteiger partial charge in [-0.3, -0.25) is 4.98 Å². The van der Waals surface area contributed by atoms with Crippen LogP contribution in [0.15, 0.2) is 48.9 Å². The molecule has 1 fully saturated rings. The minimum atomic E-state index is 0.117. The summed E-state index contributed by atoms with van der Waals surface area (Å²) in [5, 5.41) is 7.97. The summed E-state index contributed by atoms with van der Waals surface area (Å²) in [7, 11) is 2.05. The molecule has 2 N–H and O–H groups in total. The largest absolute Gasteiger partial charge is 0.374 e. The van der Waals surface area contributed by atoms with Crippen molar-refractivity contribution in [1.82, 2.24) is 24.8 Å². The molecule has 28 heavy (non-hydrogen) atoms. The van der Waals surface area contributed by atoms with Gasteiger partial charge in [-0.1, -0.05) is 6.07 Å². The Balaban J connectivity index is 1.53. The van der Waals surface area contributed by atoms with Crippen LogP contribution in [0.1, 0.15) is 0 Å². The van der Waals surface area contributed by atoms with Crippen molar-refractivity contribution < 1.29 is 4.74 Å². The number of aromatic nitrogens is 4. The van der Waals surface area contributed by atoms with Crippen molar-refractivity contribution in [1.29, 1.82) is 0 Å². The molecule has 0 spiro atoms. The van der Waals surface area contributed by atoms with Crippen LogP contribution in [0.5, 0.6) is 0 Å². The Morgan fingerprint density at radius 2 is 2.14 bits per heavy atom. The maximum Gasteiger partial charge on any atom is 0.154 e. The molecule has 1 saturated heterocycles. The number of benzene rings is 1. The first-order valence-corrected chi connectivity index (χ1v) is 9.51. The van der Waals surface area contributed by atoms with Gasteiger partial charge in [-0.05, 0) is 24.3 Å². The lowest BCUT2D eigenvalue weighted by Gasteiger charge is -2.24. The zero-order valence-corrected chi connectivity index (χ0v) is 15.7. The maximum absolute atomic E-state index is 5.79. The molecule has 1 aliphatic rings. The second-order valence-electron chi connectivity index (χ2n) is 7.06. The van der Waals surface area contributed by atoms with Gasteiger partial charge >= 0.3 is 0 Å². The lowest BCUT2D eigenvalue weighted by atomic mass is 10.1. The predicted molar refractivity (Wildman–Crippen MR) is 110 cm³/mol. The molecule has 1 aliphatic heterocycles. The fourth-order valence-corrected chi connectivity index (χ4v) is 3.65. The molecule has 1 atom stereocenters. The number of hydrogen-bond acceptors (Lipinski definition) is 6. The van der Waals surface area contributed by atoms with Crippen molar-refractivity contribution in [3.63, 3.8) is 0 Å². The second-order valence-corrected chi connectivity index (χ2v) is 7.06. The molecule has 1 unspecified atom stereocenters. The molecule has 0 amide bonds. The van der Waals surface area contributed by atoms with Crippen molar-refractivity contribution in [2.75, 3.05) is 31.6 Å². The Morgan fingerprint density at radius 1 is 1.21 bits per heavy atom. The van der Waals surface area contributed by atoms with Crippen molar-refractivity contribution in [3.05, 3.63) is 48.9 Å². The van der Waals surface area contributed by atoms with Gasteiger partial charge in [-0.25, -0.2) is 9.97 Å². The molecule has 3 aromatic heterocycles. The first kappa shape index (κ1) is 17.1. The summed E-state index contributed by atoms with van der Waals surface area (Å²) in [5.74, 6) is 0.739. The van der Waals surface area contributed by atoms with Crippen molar-refractivity contribution in [3.8, 4) is 11.3 Å². The van der Waals surface area contributed by atoms with Crippen molar-refractivity contribution in [2.45, 2.75) is 6.10 Å². The van der Waals surface area contributed by atoms with Gasteiger partial charge in [0.05, 0.1) is 23.9 Å². The van der Waals surface area contributed by atoms with Gasteiger partial charge in [0.2, 0.25) is 0 Å². The number of ether oxygens (including phenoxy) is 1. The highest BCUT2D eigenvalue weighted by Gasteiger charge is 2.15. The van der Waals surface area contributed by atoms with Crippen LogP contribution in [-0.4, -0.2) is 51.9 Å². The van der Waals surface area contributed by atoms with Gasteiger partial charge in [-0.15, -0.1) is 0 Å². The van der Waals surface area contributed by atoms with Gasteiger partial charge in [-0.2, -0.15) is 0 Å². The molecule has 1 aromatic carbocycles. The number of rotatable bonds is 4. The highest BCUT2D eigenvalue weighted by atomic mass is 16.5. The molecule has 4 heterocycles. The van der Waals surface area contributed by atoms with Crippen LogP contribution in [0.25, 0.3) is 33.2 Å². The first-order valence-electron chi connectivity index (χ1n) is 9.51. The zero-order chi connectivity index (χ0) is 18.9. The molecule has 142 valence electrons. The van der Waals surface area contributed by atoms with Gasteiger partial charge in [0, 0.05) is 61.7 Å². The van der Waals surface area contributed by atoms with Crippen molar-refractivity contribution >= 4 is 27.8 Å². The van der Waals surface area contributed by atoms with Gasteiger partial charge < -0.3 is 19.9 Å². The zero-order valence-electron chi connectivity index (χ0n) is 15.7. The topological polar surface area (TPSA) is 76.9 Å². The summed E-state index contributed by atoms with van der Waals surface area (Å²) >= 11 is 0. The summed E-state index contributed by atoms with van der Waals surface area (Å²) < 4.78 is 7.90. The minimum absolute atomic E-state index is 0.117. The van der Waals surface area contributed by atoms with E-state index < -0.39 is 0 Å². The smallest absolute Gasteiger partial charge is 0.154 e. The molecule has 0 saturated carbocycles. The third-order valence-electron chi connectivity index (χ3n) is 5.14. The van der Waals surface area contributed by atoms with Crippen LogP contribution in [0.4, 0.5) is 5.82 Å². The molecule has 7 heteroatoms. The molecule has 0 bridgehead atoms. The van der Waals surface area contributed by atoms with E-state index in [2.05, 4.69) is 62.7 Å². The molecule has 0 aliphatic carbocycles. The molecule has 4 aromatic rings. The van der Waals surface area contributed by atoms with Crippen LogP contribution in [0, 0.1) is 0 Å². The highest BCUT2D eigenvalue weighted by molar-refractivity contribution is 5.90. The van der Waals surface area contributed by atoms with Gasteiger partial charge in [0.1, 0.15) is 5.52 Å².